The molecule has 7 heteroatoms. The van der Waals surface area contributed by atoms with E-state index in [1.807, 2.05) is 35.2 Å². The minimum Gasteiger partial charge on any atom is -0.437 e. The smallest absolute Gasteiger partial charge is 0.241 e. The summed E-state index contributed by atoms with van der Waals surface area (Å²) in [5, 5.41) is 0. The number of carbonyl (C=O) groups is 1. The minimum absolute atomic E-state index is 0.118. The number of aromatic nitrogens is 2. The third-order valence-electron chi connectivity index (χ3n) is 4.88. The highest BCUT2D eigenvalue weighted by Gasteiger charge is 2.31. The second kappa shape index (κ2) is 7.80. The molecule has 0 spiro atoms. The number of benzene rings is 1. The molecule has 2 aromatic rings. The van der Waals surface area contributed by atoms with E-state index in [0.717, 1.165) is 43.8 Å². The zero-order valence-electron chi connectivity index (χ0n) is 14.6. The molecule has 4 rings (SSSR count). The van der Waals surface area contributed by atoms with E-state index in [4.69, 9.17) is 4.74 Å². The fourth-order valence-corrected chi connectivity index (χ4v) is 3.53. The van der Waals surface area contributed by atoms with Crippen molar-refractivity contribution in [2.75, 3.05) is 19.6 Å². The average Bonchev–Trinajstić information content (AvgIpc) is 3.23. The van der Waals surface area contributed by atoms with Crippen LogP contribution in [-0.4, -0.2) is 46.5 Å². The molecule has 7 nitrogen and oxygen atoms in total. The third kappa shape index (κ3) is 3.84. The Morgan fingerprint density at radius 3 is 2.88 bits per heavy atom. The minimum atomic E-state index is -0.118. The van der Waals surface area contributed by atoms with Gasteiger partial charge in [-0.2, -0.15) is 0 Å². The van der Waals surface area contributed by atoms with Crippen LogP contribution in [0.25, 0.3) is 0 Å². The quantitative estimate of drug-likeness (QED) is 0.873. The van der Waals surface area contributed by atoms with Crippen molar-refractivity contribution in [3.05, 3.63) is 48.4 Å². The summed E-state index contributed by atoms with van der Waals surface area (Å²) in [6, 6.07) is 9.44. The first-order chi connectivity index (χ1) is 12.8. The molecule has 2 aliphatic heterocycles. The number of hydrazine groups is 1. The van der Waals surface area contributed by atoms with Gasteiger partial charge in [0, 0.05) is 31.7 Å². The lowest BCUT2D eigenvalue weighted by atomic mass is 9.94. The maximum Gasteiger partial charge on any atom is 0.241 e. The van der Waals surface area contributed by atoms with Crippen LogP contribution in [0.4, 0.5) is 0 Å². The predicted molar refractivity (Wildman–Crippen MR) is 96.6 cm³/mol. The molecular formula is C19H23N5O2. The summed E-state index contributed by atoms with van der Waals surface area (Å²) in [5.41, 5.74) is 6.97. The molecule has 2 unspecified atom stereocenters. The first-order valence-electron chi connectivity index (χ1n) is 9.11. The molecule has 2 saturated heterocycles. The van der Waals surface area contributed by atoms with Gasteiger partial charge < -0.3 is 9.64 Å². The number of rotatable bonds is 4. The van der Waals surface area contributed by atoms with E-state index in [1.54, 1.807) is 12.4 Å². The SMILES string of the molecule is O=C(C1CCNN1)N1CCCC(c2cncc(Oc3ccccc3)n2)C1. The van der Waals surface area contributed by atoms with Gasteiger partial charge in [-0.05, 0) is 31.4 Å². The maximum atomic E-state index is 12.6. The number of nitrogens with one attached hydrogen (secondary N) is 2. The van der Waals surface area contributed by atoms with Crippen molar-refractivity contribution in [3.8, 4) is 11.6 Å². The molecule has 1 aromatic carbocycles. The van der Waals surface area contributed by atoms with Gasteiger partial charge in [-0.15, -0.1) is 0 Å². The van der Waals surface area contributed by atoms with E-state index in [-0.39, 0.29) is 17.9 Å². The first kappa shape index (κ1) is 16.9. The Balaban J connectivity index is 1.45. The van der Waals surface area contributed by atoms with Gasteiger partial charge in [-0.25, -0.2) is 10.4 Å². The zero-order chi connectivity index (χ0) is 17.8. The fourth-order valence-electron chi connectivity index (χ4n) is 3.53. The van der Waals surface area contributed by atoms with Crippen molar-refractivity contribution in [2.45, 2.75) is 31.2 Å². The molecule has 3 heterocycles. The molecule has 0 radical (unpaired) electrons. The molecule has 26 heavy (non-hydrogen) atoms. The predicted octanol–water partition coefficient (Wildman–Crippen LogP) is 1.84. The molecule has 0 bridgehead atoms. The van der Waals surface area contributed by atoms with E-state index >= 15 is 0 Å². The summed E-state index contributed by atoms with van der Waals surface area (Å²) >= 11 is 0. The van der Waals surface area contributed by atoms with E-state index in [2.05, 4.69) is 20.8 Å². The van der Waals surface area contributed by atoms with Crippen LogP contribution in [0.15, 0.2) is 42.7 Å². The van der Waals surface area contributed by atoms with Gasteiger partial charge in [0.1, 0.15) is 11.8 Å². The number of ether oxygens (including phenoxy) is 1. The first-order valence-corrected chi connectivity index (χ1v) is 9.11. The lowest BCUT2D eigenvalue weighted by Crippen LogP contribution is -2.48. The molecule has 1 aromatic heterocycles. The second-order valence-corrected chi connectivity index (χ2v) is 6.73. The number of piperidine rings is 1. The van der Waals surface area contributed by atoms with E-state index in [1.165, 1.54) is 0 Å². The van der Waals surface area contributed by atoms with Crippen molar-refractivity contribution < 1.29 is 9.53 Å². The molecular weight excluding hydrogens is 330 g/mol. The van der Waals surface area contributed by atoms with Crippen LogP contribution < -0.4 is 15.6 Å². The molecule has 136 valence electrons. The highest BCUT2D eigenvalue weighted by atomic mass is 16.5. The lowest BCUT2D eigenvalue weighted by molar-refractivity contribution is -0.134. The van der Waals surface area contributed by atoms with Crippen LogP contribution in [0.1, 0.15) is 30.9 Å². The maximum absolute atomic E-state index is 12.6. The number of nitrogens with zero attached hydrogens (tertiary/aromatic N) is 3. The van der Waals surface area contributed by atoms with Gasteiger partial charge in [-0.1, -0.05) is 18.2 Å². The van der Waals surface area contributed by atoms with Crippen LogP contribution >= 0.6 is 0 Å². The Kier molecular flexibility index (Phi) is 5.08. The van der Waals surface area contributed by atoms with Gasteiger partial charge in [0.05, 0.1) is 11.9 Å². The number of likely N-dealkylation sites (tertiary alicyclic amines) is 1. The second-order valence-electron chi connectivity index (χ2n) is 6.73. The Labute approximate surface area is 152 Å². The Morgan fingerprint density at radius 2 is 2.08 bits per heavy atom. The van der Waals surface area contributed by atoms with Crippen LogP contribution in [0.2, 0.25) is 0 Å². The normalized spacial score (nSPS) is 23.0. The number of carbonyl (C=O) groups excluding carboxylic acids is 1. The molecule has 2 atom stereocenters. The standard InChI is InChI=1S/C19H23N5O2/c25-19(16-8-9-21-23-16)24-10-4-5-14(13-24)17-11-20-12-18(22-17)26-15-6-2-1-3-7-15/h1-3,6-7,11-12,14,16,21,23H,4-5,8-10,13H2. The zero-order valence-corrected chi connectivity index (χ0v) is 14.6. The van der Waals surface area contributed by atoms with Gasteiger partial charge in [0.25, 0.3) is 0 Å². The van der Waals surface area contributed by atoms with Crippen molar-refractivity contribution in [3.63, 3.8) is 0 Å². The number of hydrogen-bond donors (Lipinski definition) is 2. The van der Waals surface area contributed by atoms with Crippen molar-refractivity contribution >= 4 is 5.91 Å². The van der Waals surface area contributed by atoms with Crippen LogP contribution in [0, 0.1) is 0 Å². The lowest BCUT2D eigenvalue weighted by Gasteiger charge is -2.33. The summed E-state index contributed by atoms with van der Waals surface area (Å²) in [6.45, 7) is 2.32. The topological polar surface area (TPSA) is 79.4 Å². The van der Waals surface area contributed by atoms with Crippen molar-refractivity contribution in [1.29, 1.82) is 0 Å². The van der Waals surface area contributed by atoms with Gasteiger partial charge >= 0.3 is 0 Å². The van der Waals surface area contributed by atoms with E-state index < -0.39 is 0 Å². The molecule has 2 N–H and O–H groups in total. The van der Waals surface area contributed by atoms with Crippen molar-refractivity contribution in [2.24, 2.45) is 0 Å². The molecule has 2 aliphatic rings. The Bertz CT molecular complexity index is 749. The molecule has 2 fully saturated rings. The van der Waals surface area contributed by atoms with Gasteiger partial charge in [0.15, 0.2) is 0 Å². The highest BCUT2D eigenvalue weighted by Crippen LogP contribution is 2.28. The highest BCUT2D eigenvalue weighted by molar-refractivity contribution is 5.82. The third-order valence-corrected chi connectivity index (χ3v) is 4.88. The Hall–Kier alpha value is -2.51. The number of amides is 1. The molecule has 1 amide bonds. The van der Waals surface area contributed by atoms with Gasteiger partial charge in [0.2, 0.25) is 11.8 Å². The summed E-state index contributed by atoms with van der Waals surface area (Å²) < 4.78 is 5.79. The van der Waals surface area contributed by atoms with Gasteiger partial charge in [-0.3, -0.25) is 15.2 Å². The summed E-state index contributed by atoms with van der Waals surface area (Å²) in [5.74, 6) is 1.58. The summed E-state index contributed by atoms with van der Waals surface area (Å²) in [7, 11) is 0. The number of hydrogen-bond acceptors (Lipinski definition) is 6. The Morgan fingerprint density at radius 1 is 1.19 bits per heavy atom. The van der Waals surface area contributed by atoms with Crippen LogP contribution in [-0.2, 0) is 4.79 Å². The average molecular weight is 353 g/mol. The fraction of sp³-hybridized carbons (Fsp3) is 0.421. The van der Waals surface area contributed by atoms with E-state index in [9.17, 15) is 4.79 Å². The van der Waals surface area contributed by atoms with E-state index in [0.29, 0.717) is 12.4 Å². The number of para-hydroxylation sites is 1. The largest absolute Gasteiger partial charge is 0.437 e. The molecule has 0 saturated carbocycles. The summed E-state index contributed by atoms with van der Waals surface area (Å²) in [4.78, 5) is 23.5. The summed E-state index contributed by atoms with van der Waals surface area (Å²) in [6.07, 6.45) is 6.22. The van der Waals surface area contributed by atoms with Crippen molar-refractivity contribution in [1.82, 2.24) is 25.7 Å². The van der Waals surface area contributed by atoms with Crippen LogP contribution in [0.5, 0.6) is 11.6 Å². The molecule has 0 aliphatic carbocycles. The van der Waals surface area contributed by atoms with Crippen LogP contribution in [0.3, 0.4) is 0 Å². The monoisotopic (exact) mass is 353 g/mol.